The van der Waals surface area contributed by atoms with Crippen LogP contribution < -0.4 is 5.32 Å². The van der Waals surface area contributed by atoms with Gasteiger partial charge in [0.25, 0.3) is 5.91 Å². The predicted molar refractivity (Wildman–Crippen MR) is 129 cm³/mol. The molecule has 3 aromatic heterocycles. The number of anilines is 1. The lowest BCUT2D eigenvalue weighted by atomic mass is 10.0. The Morgan fingerprint density at radius 1 is 1.00 bits per heavy atom. The minimum Gasteiger partial charge on any atom is -0.318 e. The van der Waals surface area contributed by atoms with Gasteiger partial charge in [0, 0.05) is 17.8 Å². The molecule has 0 spiro atoms. The van der Waals surface area contributed by atoms with E-state index in [4.69, 9.17) is 0 Å². The number of hydrogen-bond acceptors (Lipinski definition) is 4. The topological polar surface area (TPSA) is 77.1 Å². The third kappa shape index (κ3) is 4.70. The maximum absolute atomic E-state index is 13.9. The molecule has 2 aromatic carbocycles. The number of nitrogens with zero attached hydrogens (tertiary/aromatic N) is 5. The molecule has 36 heavy (non-hydrogen) atoms. The summed E-state index contributed by atoms with van der Waals surface area (Å²) in [6, 6.07) is 17.2. The standard InChI is InChI=1S/C26H21F3N6O/c1-16-8-9-19(10-17(16)2)21-11-23(26(27,28)29)35-24(32-21)12-22(33-35)25(36)31-20-13-30-34(15-20)14-18-6-4-3-5-7-18/h3-13,15H,14H2,1-2H3,(H,31,36). The molecule has 0 aliphatic rings. The van der Waals surface area contributed by atoms with E-state index in [1.54, 1.807) is 23.0 Å². The van der Waals surface area contributed by atoms with Gasteiger partial charge in [0.2, 0.25) is 0 Å². The van der Waals surface area contributed by atoms with Gasteiger partial charge in [-0.2, -0.15) is 23.4 Å². The summed E-state index contributed by atoms with van der Waals surface area (Å²) in [6.45, 7) is 4.31. The highest BCUT2D eigenvalue weighted by molar-refractivity contribution is 6.03. The second-order valence-corrected chi connectivity index (χ2v) is 8.49. The van der Waals surface area contributed by atoms with Crippen molar-refractivity contribution in [2.45, 2.75) is 26.6 Å². The van der Waals surface area contributed by atoms with Crippen LogP contribution in [0.25, 0.3) is 16.9 Å². The van der Waals surface area contributed by atoms with Crippen LogP contribution in [0, 0.1) is 13.8 Å². The van der Waals surface area contributed by atoms with E-state index < -0.39 is 17.8 Å². The van der Waals surface area contributed by atoms with Gasteiger partial charge in [0.05, 0.1) is 24.1 Å². The van der Waals surface area contributed by atoms with Gasteiger partial charge in [-0.15, -0.1) is 0 Å². The molecule has 0 unspecified atom stereocenters. The molecule has 0 saturated carbocycles. The number of amides is 1. The fraction of sp³-hybridized carbons (Fsp3) is 0.154. The van der Waals surface area contributed by atoms with Crippen molar-refractivity contribution in [3.05, 3.63) is 101 Å². The molecule has 10 heteroatoms. The summed E-state index contributed by atoms with van der Waals surface area (Å²) in [4.78, 5) is 17.2. The zero-order chi connectivity index (χ0) is 25.4. The summed E-state index contributed by atoms with van der Waals surface area (Å²) in [5.41, 5.74) is 2.78. The summed E-state index contributed by atoms with van der Waals surface area (Å²) in [7, 11) is 0. The van der Waals surface area contributed by atoms with Gasteiger partial charge in [-0.25, -0.2) is 9.50 Å². The number of carbonyl (C=O) groups is 1. The molecule has 3 heterocycles. The summed E-state index contributed by atoms with van der Waals surface area (Å²) >= 11 is 0. The van der Waals surface area contributed by atoms with Crippen molar-refractivity contribution in [3.8, 4) is 11.3 Å². The van der Waals surface area contributed by atoms with E-state index in [0.29, 0.717) is 22.3 Å². The molecular formula is C26H21F3N6O. The molecule has 182 valence electrons. The molecule has 0 atom stereocenters. The highest BCUT2D eigenvalue weighted by Crippen LogP contribution is 2.32. The van der Waals surface area contributed by atoms with E-state index in [2.05, 4.69) is 20.5 Å². The molecule has 0 aliphatic carbocycles. The van der Waals surface area contributed by atoms with Crippen LogP contribution in [0.4, 0.5) is 18.9 Å². The number of aryl methyl sites for hydroxylation is 2. The number of hydrogen-bond donors (Lipinski definition) is 1. The quantitative estimate of drug-likeness (QED) is 0.352. The Morgan fingerprint density at radius 3 is 2.50 bits per heavy atom. The Balaban J connectivity index is 1.45. The number of fused-ring (bicyclic) bond motifs is 1. The van der Waals surface area contributed by atoms with Crippen LogP contribution in [0.3, 0.4) is 0 Å². The minimum atomic E-state index is -4.70. The first-order valence-corrected chi connectivity index (χ1v) is 11.1. The molecule has 0 aliphatic heterocycles. The monoisotopic (exact) mass is 490 g/mol. The van der Waals surface area contributed by atoms with Crippen molar-refractivity contribution in [1.82, 2.24) is 24.4 Å². The van der Waals surface area contributed by atoms with E-state index in [9.17, 15) is 18.0 Å². The Labute approximate surface area is 204 Å². The van der Waals surface area contributed by atoms with E-state index in [1.807, 2.05) is 50.2 Å². The number of nitrogens with one attached hydrogen (secondary N) is 1. The predicted octanol–water partition coefficient (Wildman–Crippen LogP) is 5.53. The third-order valence-electron chi connectivity index (χ3n) is 5.83. The van der Waals surface area contributed by atoms with Crippen molar-refractivity contribution in [3.63, 3.8) is 0 Å². The third-order valence-corrected chi connectivity index (χ3v) is 5.83. The van der Waals surface area contributed by atoms with E-state index >= 15 is 0 Å². The Kier molecular flexibility index (Phi) is 5.79. The van der Waals surface area contributed by atoms with Crippen molar-refractivity contribution in [2.75, 3.05) is 5.32 Å². The van der Waals surface area contributed by atoms with Crippen molar-refractivity contribution in [1.29, 1.82) is 0 Å². The van der Waals surface area contributed by atoms with Crippen molar-refractivity contribution < 1.29 is 18.0 Å². The molecule has 5 aromatic rings. The number of carbonyl (C=O) groups excluding carboxylic acids is 1. The molecule has 7 nitrogen and oxygen atoms in total. The largest absolute Gasteiger partial charge is 0.433 e. The first kappa shape index (κ1) is 23.3. The maximum Gasteiger partial charge on any atom is 0.433 e. The number of alkyl halides is 3. The fourth-order valence-electron chi connectivity index (χ4n) is 3.82. The van der Waals surface area contributed by atoms with Crippen molar-refractivity contribution >= 4 is 17.2 Å². The Morgan fingerprint density at radius 2 is 1.78 bits per heavy atom. The van der Waals surface area contributed by atoms with Crippen LogP contribution in [0.15, 0.2) is 73.1 Å². The van der Waals surface area contributed by atoms with Crippen LogP contribution in [0.5, 0.6) is 0 Å². The molecule has 0 radical (unpaired) electrons. The lowest BCUT2D eigenvalue weighted by Crippen LogP contribution is -2.15. The molecule has 0 fully saturated rings. The maximum atomic E-state index is 13.9. The summed E-state index contributed by atoms with van der Waals surface area (Å²) < 4.78 is 44.0. The Bertz CT molecular complexity index is 1570. The number of halogens is 3. The highest BCUT2D eigenvalue weighted by atomic mass is 19.4. The first-order valence-electron chi connectivity index (χ1n) is 11.1. The molecule has 1 amide bonds. The number of aromatic nitrogens is 5. The minimum absolute atomic E-state index is 0.0806. The van der Waals surface area contributed by atoms with Gasteiger partial charge in [-0.1, -0.05) is 42.5 Å². The van der Waals surface area contributed by atoms with Gasteiger partial charge < -0.3 is 5.32 Å². The van der Waals surface area contributed by atoms with Gasteiger partial charge in [-0.3, -0.25) is 9.48 Å². The zero-order valence-corrected chi connectivity index (χ0v) is 19.4. The smallest absolute Gasteiger partial charge is 0.318 e. The molecule has 5 rings (SSSR count). The SMILES string of the molecule is Cc1ccc(-c2cc(C(F)(F)F)n3nc(C(=O)Nc4cnn(Cc5ccccc5)c4)cc3n2)cc1C. The van der Waals surface area contributed by atoms with E-state index in [-0.39, 0.29) is 17.0 Å². The van der Waals surface area contributed by atoms with Crippen LogP contribution in [-0.4, -0.2) is 30.3 Å². The second kappa shape index (κ2) is 8.95. The van der Waals surface area contributed by atoms with E-state index in [0.717, 1.165) is 22.8 Å². The lowest BCUT2D eigenvalue weighted by molar-refractivity contribution is -0.142. The zero-order valence-electron chi connectivity index (χ0n) is 19.4. The number of benzene rings is 2. The fourth-order valence-corrected chi connectivity index (χ4v) is 3.82. The second-order valence-electron chi connectivity index (χ2n) is 8.49. The lowest BCUT2D eigenvalue weighted by Gasteiger charge is -2.11. The average Bonchev–Trinajstić information content (AvgIpc) is 3.47. The van der Waals surface area contributed by atoms with Gasteiger partial charge >= 0.3 is 6.18 Å². The first-order chi connectivity index (χ1) is 17.2. The molecule has 0 saturated heterocycles. The molecule has 1 N–H and O–H groups in total. The van der Waals surface area contributed by atoms with Gasteiger partial charge in [-0.05, 0) is 42.7 Å². The molecule has 0 bridgehead atoms. The van der Waals surface area contributed by atoms with Crippen molar-refractivity contribution in [2.24, 2.45) is 0 Å². The van der Waals surface area contributed by atoms with Crippen LogP contribution in [0.1, 0.15) is 32.9 Å². The normalized spacial score (nSPS) is 11.7. The van der Waals surface area contributed by atoms with E-state index in [1.165, 1.54) is 12.3 Å². The van der Waals surface area contributed by atoms with Crippen LogP contribution >= 0.6 is 0 Å². The molecular weight excluding hydrogens is 469 g/mol. The highest BCUT2D eigenvalue weighted by Gasteiger charge is 2.35. The average molecular weight is 490 g/mol. The summed E-state index contributed by atoms with van der Waals surface area (Å²) in [5.74, 6) is -0.666. The summed E-state index contributed by atoms with van der Waals surface area (Å²) in [6.07, 6.45) is -1.60. The summed E-state index contributed by atoms with van der Waals surface area (Å²) in [5, 5.41) is 10.8. The van der Waals surface area contributed by atoms with Gasteiger partial charge in [0.15, 0.2) is 17.0 Å². The van der Waals surface area contributed by atoms with Gasteiger partial charge in [0.1, 0.15) is 0 Å². The van der Waals surface area contributed by atoms with Crippen LogP contribution in [-0.2, 0) is 12.7 Å². The Hall–Kier alpha value is -4.47. The van der Waals surface area contributed by atoms with Crippen LogP contribution in [0.2, 0.25) is 0 Å². The number of rotatable bonds is 5.